The minimum atomic E-state index is -3.81. The van der Waals surface area contributed by atoms with Gasteiger partial charge in [0, 0.05) is 44.0 Å². The Morgan fingerprint density at radius 2 is 2.04 bits per heavy atom. The third-order valence-electron chi connectivity index (χ3n) is 4.75. The van der Waals surface area contributed by atoms with Crippen LogP contribution in [-0.2, 0) is 10.2 Å². The molecule has 1 atom stereocenters. The van der Waals surface area contributed by atoms with Crippen LogP contribution in [0.2, 0.25) is 0 Å². The van der Waals surface area contributed by atoms with Crippen molar-refractivity contribution < 1.29 is 18.3 Å². The fourth-order valence-corrected chi connectivity index (χ4v) is 3.76. The molecular formula is C17H28N4O4S. The van der Waals surface area contributed by atoms with E-state index in [2.05, 4.69) is 9.62 Å². The topological polar surface area (TPSA) is 116 Å². The summed E-state index contributed by atoms with van der Waals surface area (Å²) in [6.45, 7) is 6.25. The molecule has 9 heteroatoms. The van der Waals surface area contributed by atoms with Gasteiger partial charge in [0.15, 0.2) is 0 Å². The molecule has 1 fully saturated rings. The molecule has 0 aliphatic carbocycles. The maximum absolute atomic E-state index is 12.9. The molecule has 8 nitrogen and oxygen atoms in total. The summed E-state index contributed by atoms with van der Waals surface area (Å²) in [6.07, 6.45) is 2.44. The smallest absolute Gasteiger partial charge is 0.274 e. The lowest BCUT2D eigenvalue weighted by atomic mass is 10.0. The number of phenolic OH excluding ortho intramolecular Hbond substituents is 1. The van der Waals surface area contributed by atoms with Gasteiger partial charge in [-0.3, -0.25) is 4.79 Å². The minimum absolute atomic E-state index is 0.0665. The van der Waals surface area contributed by atoms with E-state index < -0.39 is 10.2 Å². The lowest BCUT2D eigenvalue weighted by molar-refractivity contribution is 0.0615. The van der Waals surface area contributed by atoms with E-state index in [0.29, 0.717) is 13.0 Å². The van der Waals surface area contributed by atoms with E-state index >= 15 is 0 Å². The van der Waals surface area contributed by atoms with Crippen LogP contribution in [-0.4, -0.2) is 56.6 Å². The van der Waals surface area contributed by atoms with Crippen LogP contribution in [0.1, 0.15) is 43.5 Å². The van der Waals surface area contributed by atoms with Crippen molar-refractivity contribution in [1.82, 2.24) is 9.62 Å². The first-order valence-corrected chi connectivity index (χ1v) is 10.5. The first-order valence-electron chi connectivity index (χ1n) is 8.93. The second-order valence-electron chi connectivity index (χ2n) is 6.42. The Kier molecular flexibility index (Phi) is 6.85. The third-order valence-corrected chi connectivity index (χ3v) is 5.32. The normalized spacial score (nSPS) is 18.0. The monoisotopic (exact) mass is 384 g/mol. The number of carbonyl (C=O) groups is 1. The van der Waals surface area contributed by atoms with Crippen LogP contribution in [0, 0.1) is 0 Å². The molecule has 0 radical (unpaired) electrons. The molecule has 1 aromatic rings. The van der Waals surface area contributed by atoms with Crippen LogP contribution < -0.4 is 14.8 Å². The van der Waals surface area contributed by atoms with E-state index in [1.807, 2.05) is 19.9 Å². The number of nitrogens with zero attached hydrogens (tertiary/aromatic N) is 2. The van der Waals surface area contributed by atoms with Gasteiger partial charge in [-0.05, 0) is 45.2 Å². The average molecular weight is 385 g/mol. The standard InChI is InChI=1S/C17H28N4O4S/c1-3-20(4-2)13-8-9-15(16(22)11-13)17(23)21-10-6-5-7-14(21)12-19-26(18,24)25/h8-9,11,14,19,22H,3-7,10,12H2,1-2H3,(H2,18,24,25). The Morgan fingerprint density at radius 1 is 1.35 bits per heavy atom. The number of carbonyl (C=O) groups excluding carboxylic acids is 1. The zero-order valence-corrected chi connectivity index (χ0v) is 16.1. The molecule has 146 valence electrons. The van der Waals surface area contributed by atoms with Gasteiger partial charge in [0.2, 0.25) is 0 Å². The van der Waals surface area contributed by atoms with Crippen molar-refractivity contribution in [3.63, 3.8) is 0 Å². The summed E-state index contributed by atoms with van der Waals surface area (Å²) in [4.78, 5) is 16.6. The predicted octanol–water partition coefficient (Wildman–Crippen LogP) is 1.03. The number of aromatic hydroxyl groups is 1. The fourth-order valence-electron chi connectivity index (χ4n) is 3.33. The van der Waals surface area contributed by atoms with Crippen LogP contribution in [0.5, 0.6) is 5.75 Å². The lowest BCUT2D eigenvalue weighted by Gasteiger charge is -2.36. The fraction of sp³-hybridized carbons (Fsp3) is 0.588. The molecule has 0 saturated carbocycles. The second-order valence-corrected chi connectivity index (χ2v) is 7.79. The molecule has 1 aliphatic heterocycles. The third kappa shape index (κ3) is 5.09. The maximum atomic E-state index is 12.9. The van der Waals surface area contributed by atoms with Gasteiger partial charge in [0.05, 0.1) is 5.56 Å². The molecule has 0 aromatic heterocycles. The number of piperidine rings is 1. The van der Waals surface area contributed by atoms with Gasteiger partial charge in [-0.25, -0.2) is 9.86 Å². The lowest BCUT2D eigenvalue weighted by Crippen LogP contribution is -2.50. The number of phenols is 1. The molecule has 0 bridgehead atoms. The Morgan fingerprint density at radius 3 is 2.62 bits per heavy atom. The van der Waals surface area contributed by atoms with Crippen molar-refractivity contribution in [3.8, 4) is 5.75 Å². The molecular weight excluding hydrogens is 356 g/mol. The summed E-state index contributed by atoms with van der Waals surface area (Å²) in [5.74, 6) is -0.363. The highest BCUT2D eigenvalue weighted by atomic mass is 32.2. The van der Waals surface area contributed by atoms with Gasteiger partial charge in [-0.1, -0.05) is 0 Å². The Bertz CT molecular complexity index is 734. The molecule has 1 heterocycles. The Labute approximate surface area is 155 Å². The van der Waals surface area contributed by atoms with Crippen LogP contribution >= 0.6 is 0 Å². The van der Waals surface area contributed by atoms with Gasteiger partial charge >= 0.3 is 0 Å². The second kappa shape index (κ2) is 8.70. The quantitative estimate of drug-likeness (QED) is 0.649. The average Bonchev–Trinajstić information content (AvgIpc) is 2.60. The predicted molar refractivity (Wildman–Crippen MR) is 101 cm³/mol. The first-order chi connectivity index (χ1) is 12.3. The highest BCUT2D eigenvalue weighted by Crippen LogP contribution is 2.28. The van der Waals surface area contributed by atoms with Gasteiger partial charge in [-0.2, -0.15) is 8.42 Å². The largest absolute Gasteiger partial charge is 0.507 e. The number of likely N-dealkylation sites (tertiary alicyclic amines) is 1. The Hall–Kier alpha value is -1.84. The minimum Gasteiger partial charge on any atom is -0.507 e. The number of nitrogens with one attached hydrogen (secondary N) is 1. The van der Waals surface area contributed by atoms with Crippen molar-refractivity contribution in [2.24, 2.45) is 5.14 Å². The summed E-state index contributed by atoms with van der Waals surface area (Å²) in [5, 5.41) is 15.4. The molecule has 1 saturated heterocycles. The van der Waals surface area contributed by atoms with Crippen molar-refractivity contribution >= 4 is 21.8 Å². The van der Waals surface area contributed by atoms with Crippen LogP contribution in [0.15, 0.2) is 18.2 Å². The zero-order valence-electron chi connectivity index (χ0n) is 15.3. The zero-order chi connectivity index (χ0) is 19.3. The number of nitrogens with two attached hydrogens (primary N) is 1. The summed E-state index contributed by atoms with van der Waals surface area (Å²) >= 11 is 0. The molecule has 26 heavy (non-hydrogen) atoms. The van der Waals surface area contributed by atoms with Gasteiger partial charge in [-0.15, -0.1) is 0 Å². The van der Waals surface area contributed by atoms with Crippen molar-refractivity contribution in [3.05, 3.63) is 23.8 Å². The van der Waals surface area contributed by atoms with E-state index in [0.717, 1.165) is 31.6 Å². The van der Waals surface area contributed by atoms with E-state index in [4.69, 9.17) is 5.14 Å². The maximum Gasteiger partial charge on any atom is 0.274 e. The number of hydrogen-bond acceptors (Lipinski definition) is 5. The number of anilines is 1. The van der Waals surface area contributed by atoms with E-state index in [1.165, 1.54) is 0 Å². The molecule has 1 amide bonds. The number of amides is 1. The van der Waals surface area contributed by atoms with Gasteiger partial charge < -0.3 is 14.9 Å². The van der Waals surface area contributed by atoms with Gasteiger partial charge in [0.25, 0.3) is 16.1 Å². The van der Waals surface area contributed by atoms with E-state index in [1.54, 1.807) is 17.0 Å². The van der Waals surface area contributed by atoms with E-state index in [-0.39, 0.29) is 29.8 Å². The van der Waals surface area contributed by atoms with Crippen molar-refractivity contribution in [1.29, 1.82) is 0 Å². The SMILES string of the molecule is CCN(CC)c1ccc(C(=O)N2CCCCC2CNS(N)(=O)=O)c(O)c1. The van der Waals surface area contributed by atoms with Crippen LogP contribution in [0.25, 0.3) is 0 Å². The van der Waals surface area contributed by atoms with Crippen molar-refractivity contribution in [2.75, 3.05) is 31.1 Å². The highest BCUT2D eigenvalue weighted by Gasteiger charge is 2.29. The molecule has 1 unspecified atom stereocenters. The number of hydrogen-bond donors (Lipinski definition) is 3. The summed E-state index contributed by atoms with van der Waals surface area (Å²) < 4.78 is 24.6. The Balaban J connectivity index is 2.19. The molecule has 1 aromatic carbocycles. The van der Waals surface area contributed by atoms with Crippen LogP contribution in [0.4, 0.5) is 5.69 Å². The van der Waals surface area contributed by atoms with E-state index in [9.17, 15) is 18.3 Å². The molecule has 2 rings (SSSR count). The number of rotatable bonds is 7. The summed E-state index contributed by atoms with van der Waals surface area (Å²) in [5.41, 5.74) is 1.08. The summed E-state index contributed by atoms with van der Waals surface area (Å²) in [7, 11) is -3.81. The highest BCUT2D eigenvalue weighted by molar-refractivity contribution is 7.87. The molecule has 0 spiro atoms. The molecule has 4 N–H and O–H groups in total. The van der Waals surface area contributed by atoms with Crippen molar-refractivity contribution in [2.45, 2.75) is 39.2 Å². The number of benzene rings is 1. The van der Waals surface area contributed by atoms with Crippen LogP contribution in [0.3, 0.4) is 0 Å². The summed E-state index contributed by atoms with van der Waals surface area (Å²) in [6, 6.07) is 4.77. The molecule has 1 aliphatic rings. The van der Waals surface area contributed by atoms with Gasteiger partial charge in [0.1, 0.15) is 5.75 Å². The first kappa shape index (κ1) is 20.5.